The Morgan fingerprint density at radius 3 is 2.33 bits per heavy atom. The minimum atomic E-state index is 0.615. The van der Waals surface area contributed by atoms with E-state index in [1.54, 1.807) is 0 Å². The van der Waals surface area contributed by atoms with E-state index < -0.39 is 0 Å². The quantitative estimate of drug-likeness (QED) is 0.728. The molecule has 1 atom stereocenters. The van der Waals surface area contributed by atoms with E-state index in [1.165, 1.54) is 32.2 Å². The van der Waals surface area contributed by atoms with Crippen molar-refractivity contribution < 1.29 is 0 Å². The van der Waals surface area contributed by atoms with Gasteiger partial charge in [0, 0.05) is 18.6 Å². The van der Waals surface area contributed by atoms with E-state index in [1.807, 2.05) is 0 Å². The highest BCUT2D eigenvalue weighted by Gasteiger charge is 2.20. The summed E-state index contributed by atoms with van der Waals surface area (Å²) in [6.07, 6.45) is 5.71. The van der Waals surface area contributed by atoms with E-state index in [9.17, 15) is 0 Å². The third-order valence-electron chi connectivity index (χ3n) is 3.42. The third-order valence-corrected chi connectivity index (χ3v) is 3.42. The first-order valence-electron chi connectivity index (χ1n) is 6.53. The summed E-state index contributed by atoms with van der Waals surface area (Å²) >= 11 is 0. The number of nitrogens with one attached hydrogen (secondary N) is 1. The first kappa shape index (κ1) is 13.0. The smallest absolute Gasteiger partial charge is 0.00923 e. The van der Waals surface area contributed by atoms with Crippen LogP contribution in [0.1, 0.15) is 46.5 Å². The van der Waals surface area contributed by atoms with Crippen LogP contribution >= 0.6 is 0 Å². The summed E-state index contributed by atoms with van der Waals surface area (Å²) in [6, 6.07) is 1.48. The number of nitrogens with zero attached hydrogens (tertiary/aromatic N) is 1. The molecule has 0 heterocycles. The van der Waals surface area contributed by atoms with Crippen molar-refractivity contribution in [3.05, 3.63) is 0 Å². The summed E-state index contributed by atoms with van der Waals surface area (Å²) in [5.74, 6) is 0.762. The normalized spacial score (nSPS) is 20.4. The van der Waals surface area contributed by atoms with Crippen LogP contribution in [0.3, 0.4) is 0 Å². The van der Waals surface area contributed by atoms with Gasteiger partial charge in [-0.1, -0.05) is 33.6 Å². The second-order valence-corrected chi connectivity index (χ2v) is 5.55. The van der Waals surface area contributed by atoms with Crippen LogP contribution in [-0.2, 0) is 0 Å². The molecule has 1 rings (SSSR count). The fourth-order valence-corrected chi connectivity index (χ4v) is 2.49. The molecule has 0 aromatic heterocycles. The van der Waals surface area contributed by atoms with Crippen LogP contribution in [0.2, 0.25) is 0 Å². The fraction of sp³-hybridized carbons (Fsp3) is 1.00. The maximum atomic E-state index is 3.51. The molecule has 2 heteroatoms. The van der Waals surface area contributed by atoms with Crippen LogP contribution in [0.5, 0.6) is 0 Å². The molecule has 0 aromatic carbocycles. The first-order valence-corrected chi connectivity index (χ1v) is 6.53. The predicted octanol–water partition coefficient (Wildman–Crippen LogP) is 2.49. The molecule has 1 aliphatic carbocycles. The van der Waals surface area contributed by atoms with Crippen molar-refractivity contribution in [3.63, 3.8) is 0 Å². The minimum absolute atomic E-state index is 0.615. The van der Waals surface area contributed by atoms with E-state index in [0.29, 0.717) is 6.04 Å². The molecule has 2 nitrogen and oxygen atoms in total. The van der Waals surface area contributed by atoms with E-state index in [4.69, 9.17) is 0 Å². The van der Waals surface area contributed by atoms with Crippen molar-refractivity contribution in [3.8, 4) is 0 Å². The monoisotopic (exact) mass is 212 g/mol. The zero-order valence-electron chi connectivity index (χ0n) is 10.9. The Balaban J connectivity index is 2.15. The lowest BCUT2D eigenvalue weighted by atomic mass is 10.1. The van der Waals surface area contributed by atoms with Gasteiger partial charge in [0.2, 0.25) is 0 Å². The maximum Gasteiger partial charge on any atom is 0.00923 e. The first-order chi connectivity index (χ1) is 7.09. The molecule has 0 aromatic rings. The molecule has 0 aliphatic heterocycles. The molecule has 1 saturated carbocycles. The largest absolute Gasteiger partial charge is 0.314 e. The molecule has 0 radical (unpaired) electrons. The predicted molar refractivity (Wildman–Crippen MR) is 67.2 cm³/mol. The van der Waals surface area contributed by atoms with Gasteiger partial charge in [0.05, 0.1) is 0 Å². The second-order valence-electron chi connectivity index (χ2n) is 5.55. The summed E-state index contributed by atoms with van der Waals surface area (Å²) in [4.78, 5) is 2.57. The van der Waals surface area contributed by atoms with Gasteiger partial charge in [-0.3, -0.25) is 0 Å². The van der Waals surface area contributed by atoms with Crippen molar-refractivity contribution in [1.82, 2.24) is 10.2 Å². The third kappa shape index (κ3) is 4.98. The van der Waals surface area contributed by atoms with Crippen molar-refractivity contribution in [1.29, 1.82) is 0 Å². The highest BCUT2D eigenvalue weighted by atomic mass is 15.1. The van der Waals surface area contributed by atoms with E-state index >= 15 is 0 Å². The number of hydrogen-bond acceptors (Lipinski definition) is 2. The molecule has 0 bridgehead atoms. The van der Waals surface area contributed by atoms with Gasteiger partial charge >= 0.3 is 0 Å². The average molecular weight is 212 g/mol. The summed E-state index contributed by atoms with van der Waals surface area (Å²) in [5, 5.41) is 3.51. The molecule has 0 amide bonds. The van der Waals surface area contributed by atoms with Gasteiger partial charge in [0.25, 0.3) is 0 Å². The van der Waals surface area contributed by atoms with Crippen LogP contribution in [0.4, 0.5) is 0 Å². The van der Waals surface area contributed by atoms with Crippen molar-refractivity contribution in [2.45, 2.75) is 58.5 Å². The van der Waals surface area contributed by atoms with Gasteiger partial charge in [-0.05, 0) is 32.4 Å². The van der Waals surface area contributed by atoms with Gasteiger partial charge in [-0.15, -0.1) is 0 Å². The van der Waals surface area contributed by atoms with Gasteiger partial charge in [-0.25, -0.2) is 0 Å². The highest BCUT2D eigenvalue weighted by molar-refractivity contribution is 4.76. The van der Waals surface area contributed by atoms with Crippen molar-refractivity contribution in [2.75, 3.05) is 20.1 Å². The van der Waals surface area contributed by atoms with E-state index in [2.05, 4.69) is 38.0 Å². The second kappa shape index (κ2) is 6.49. The van der Waals surface area contributed by atoms with Crippen LogP contribution < -0.4 is 5.32 Å². The molecule has 1 N–H and O–H groups in total. The Labute approximate surface area is 95.4 Å². The standard InChI is InChI=1S/C13H28N2/c1-11(2)14-9-12(3)10-15(4)13-7-5-6-8-13/h11-14H,5-10H2,1-4H3. The van der Waals surface area contributed by atoms with Crippen LogP contribution in [0.15, 0.2) is 0 Å². The molecule has 1 fully saturated rings. The SMILES string of the molecule is CC(CNC(C)C)CN(C)C1CCCC1. The molecular formula is C13H28N2. The summed E-state index contributed by atoms with van der Waals surface area (Å²) in [5.41, 5.74) is 0. The van der Waals surface area contributed by atoms with Crippen molar-refractivity contribution >= 4 is 0 Å². The fourth-order valence-electron chi connectivity index (χ4n) is 2.49. The maximum absolute atomic E-state index is 3.51. The van der Waals surface area contributed by atoms with Gasteiger partial charge in [-0.2, -0.15) is 0 Å². The minimum Gasteiger partial charge on any atom is -0.314 e. The van der Waals surface area contributed by atoms with Crippen molar-refractivity contribution in [2.24, 2.45) is 5.92 Å². The van der Waals surface area contributed by atoms with Gasteiger partial charge < -0.3 is 10.2 Å². The van der Waals surface area contributed by atoms with E-state index in [0.717, 1.165) is 18.5 Å². The number of hydrogen-bond donors (Lipinski definition) is 1. The topological polar surface area (TPSA) is 15.3 Å². The summed E-state index contributed by atoms with van der Waals surface area (Å²) < 4.78 is 0. The highest BCUT2D eigenvalue weighted by Crippen LogP contribution is 2.22. The average Bonchev–Trinajstić information content (AvgIpc) is 2.67. The zero-order chi connectivity index (χ0) is 11.3. The molecule has 1 aliphatic rings. The number of rotatable bonds is 6. The van der Waals surface area contributed by atoms with E-state index in [-0.39, 0.29) is 0 Å². The zero-order valence-corrected chi connectivity index (χ0v) is 10.9. The molecule has 15 heavy (non-hydrogen) atoms. The Morgan fingerprint density at radius 1 is 1.20 bits per heavy atom. The summed E-state index contributed by atoms with van der Waals surface area (Å²) in [7, 11) is 2.29. The molecule has 0 saturated heterocycles. The lowest BCUT2D eigenvalue weighted by Gasteiger charge is -2.27. The van der Waals surface area contributed by atoms with Crippen LogP contribution in [-0.4, -0.2) is 37.1 Å². The Kier molecular flexibility index (Phi) is 5.62. The molecule has 0 spiro atoms. The molecular weight excluding hydrogens is 184 g/mol. The van der Waals surface area contributed by atoms with Crippen LogP contribution in [0.25, 0.3) is 0 Å². The van der Waals surface area contributed by atoms with Crippen LogP contribution in [0, 0.1) is 5.92 Å². The lowest BCUT2D eigenvalue weighted by molar-refractivity contribution is 0.211. The molecule has 1 unspecified atom stereocenters. The Hall–Kier alpha value is -0.0800. The summed E-state index contributed by atoms with van der Waals surface area (Å²) in [6.45, 7) is 9.17. The Bertz CT molecular complexity index is 162. The van der Waals surface area contributed by atoms with Gasteiger partial charge in [0.1, 0.15) is 0 Å². The Morgan fingerprint density at radius 2 is 1.80 bits per heavy atom. The van der Waals surface area contributed by atoms with Gasteiger partial charge in [0.15, 0.2) is 0 Å². The molecule has 90 valence electrons. The lowest BCUT2D eigenvalue weighted by Crippen LogP contribution is -2.37.